The van der Waals surface area contributed by atoms with Gasteiger partial charge in [0.2, 0.25) is 0 Å². The maximum absolute atomic E-state index is 9.33. The van der Waals surface area contributed by atoms with Crippen LogP contribution in [0.5, 0.6) is 11.5 Å². The molecule has 0 heterocycles. The first-order valence-corrected chi connectivity index (χ1v) is 6.63. The third-order valence-electron chi connectivity index (χ3n) is 2.44. The second-order valence-electron chi connectivity index (χ2n) is 3.91. The smallest absolute Gasteiger partial charge is 0.157 e. The number of aromatic hydroxyl groups is 2. The van der Waals surface area contributed by atoms with E-state index < -0.39 is 0 Å². The minimum absolute atomic E-state index is 0.0704. The zero-order valence-corrected chi connectivity index (χ0v) is 11.7. The molecule has 4 nitrogen and oxygen atoms in total. The molecule has 0 amide bonds. The fourth-order valence-electron chi connectivity index (χ4n) is 1.49. The van der Waals surface area contributed by atoms with Crippen molar-refractivity contribution in [2.45, 2.75) is 12.8 Å². The maximum atomic E-state index is 9.33. The van der Waals surface area contributed by atoms with Crippen LogP contribution in [-0.2, 0) is 6.42 Å². The van der Waals surface area contributed by atoms with Gasteiger partial charge in [-0.05, 0) is 43.6 Å². The molecule has 0 aliphatic carbocycles. The average molecular weight is 286 g/mol. The fraction of sp³-hybridized carbons (Fsp3) is 0.417. The zero-order valence-electron chi connectivity index (χ0n) is 10.0. The van der Waals surface area contributed by atoms with Gasteiger partial charge in [-0.2, -0.15) is 0 Å². The minimum atomic E-state index is -0.0829. The lowest BCUT2D eigenvalue weighted by molar-refractivity contribution is 0.403. The first-order valence-electron chi connectivity index (χ1n) is 5.78. The lowest BCUT2D eigenvalue weighted by atomic mass is 10.1. The van der Waals surface area contributed by atoms with E-state index in [4.69, 9.17) is 17.3 Å². The standard InChI is InChI=1S/C12H18N2O2S2/c15-10-3-2-9(8-11(10)16)4-7-13-5-1-6-14-12(17)18/h2-3,8,13,15-16H,1,4-7H2,(H2,14,17,18). The molecule has 0 atom stereocenters. The molecule has 18 heavy (non-hydrogen) atoms. The van der Waals surface area contributed by atoms with Crippen LogP contribution in [0.2, 0.25) is 0 Å². The van der Waals surface area contributed by atoms with Gasteiger partial charge in [0, 0.05) is 6.54 Å². The van der Waals surface area contributed by atoms with Crippen LogP contribution < -0.4 is 10.6 Å². The van der Waals surface area contributed by atoms with E-state index >= 15 is 0 Å². The quantitative estimate of drug-likeness (QED) is 0.227. The summed E-state index contributed by atoms with van der Waals surface area (Å²) in [7, 11) is 0. The van der Waals surface area contributed by atoms with Crippen LogP contribution in [0.15, 0.2) is 18.2 Å². The predicted molar refractivity (Wildman–Crippen MR) is 80.5 cm³/mol. The summed E-state index contributed by atoms with van der Waals surface area (Å²) >= 11 is 8.73. The molecule has 1 rings (SSSR count). The number of thiol groups is 1. The van der Waals surface area contributed by atoms with Gasteiger partial charge in [0.25, 0.3) is 0 Å². The van der Waals surface area contributed by atoms with Crippen LogP contribution in [0.3, 0.4) is 0 Å². The Hall–Kier alpha value is -0.980. The molecule has 1 aromatic carbocycles. The Morgan fingerprint density at radius 1 is 1.17 bits per heavy atom. The second kappa shape index (κ2) is 8.18. The van der Waals surface area contributed by atoms with Gasteiger partial charge in [0.15, 0.2) is 11.5 Å². The SMILES string of the molecule is Oc1ccc(CCNCCCNC(=S)S)cc1O. The van der Waals surface area contributed by atoms with Gasteiger partial charge in [0.1, 0.15) is 4.32 Å². The number of hydrogen-bond donors (Lipinski definition) is 5. The van der Waals surface area contributed by atoms with Crippen LogP contribution >= 0.6 is 24.8 Å². The lowest BCUT2D eigenvalue weighted by Gasteiger charge is -2.06. The van der Waals surface area contributed by atoms with Gasteiger partial charge in [0.05, 0.1) is 0 Å². The Labute approximate surface area is 118 Å². The van der Waals surface area contributed by atoms with E-state index in [1.54, 1.807) is 12.1 Å². The summed E-state index contributed by atoms with van der Waals surface area (Å²) in [6, 6.07) is 4.89. The van der Waals surface area contributed by atoms with Crippen molar-refractivity contribution in [3.8, 4) is 11.5 Å². The van der Waals surface area contributed by atoms with E-state index in [0.717, 1.165) is 38.0 Å². The summed E-state index contributed by atoms with van der Waals surface area (Å²) in [5, 5.41) is 24.7. The van der Waals surface area contributed by atoms with E-state index in [1.807, 2.05) is 0 Å². The highest BCUT2D eigenvalue weighted by Crippen LogP contribution is 2.24. The maximum Gasteiger partial charge on any atom is 0.157 e. The van der Waals surface area contributed by atoms with E-state index in [2.05, 4.69) is 23.3 Å². The topological polar surface area (TPSA) is 64.5 Å². The molecule has 0 aliphatic rings. The molecular formula is C12H18N2O2S2. The Morgan fingerprint density at radius 3 is 2.61 bits per heavy atom. The van der Waals surface area contributed by atoms with Gasteiger partial charge >= 0.3 is 0 Å². The summed E-state index contributed by atoms with van der Waals surface area (Å²) in [6.07, 6.45) is 1.79. The first kappa shape index (κ1) is 15.1. The Balaban J connectivity index is 2.10. The van der Waals surface area contributed by atoms with Crippen molar-refractivity contribution >= 4 is 29.2 Å². The molecule has 0 saturated carbocycles. The number of phenolic OH excluding ortho intramolecular Hbond substituents is 2. The highest BCUT2D eigenvalue weighted by Gasteiger charge is 2.00. The Kier molecular flexibility index (Phi) is 6.85. The Bertz CT molecular complexity index is 400. The second-order valence-corrected chi connectivity index (χ2v) is 5.07. The van der Waals surface area contributed by atoms with E-state index in [9.17, 15) is 5.11 Å². The van der Waals surface area contributed by atoms with E-state index in [0.29, 0.717) is 4.32 Å². The van der Waals surface area contributed by atoms with Gasteiger partial charge in [-0.3, -0.25) is 0 Å². The highest BCUT2D eigenvalue weighted by atomic mass is 32.1. The molecule has 0 unspecified atom stereocenters. The van der Waals surface area contributed by atoms with Gasteiger partial charge < -0.3 is 20.8 Å². The molecule has 4 N–H and O–H groups in total. The molecule has 6 heteroatoms. The van der Waals surface area contributed by atoms with Crippen molar-refractivity contribution in [2.75, 3.05) is 19.6 Å². The van der Waals surface area contributed by atoms with Crippen molar-refractivity contribution < 1.29 is 10.2 Å². The molecule has 0 bridgehead atoms. The molecule has 1 aromatic rings. The van der Waals surface area contributed by atoms with Crippen LogP contribution in [0, 0.1) is 0 Å². The lowest BCUT2D eigenvalue weighted by Crippen LogP contribution is -2.24. The van der Waals surface area contributed by atoms with Crippen molar-refractivity contribution in [1.82, 2.24) is 10.6 Å². The van der Waals surface area contributed by atoms with Gasteiger partial charge in [-0.25, -0.2) is 0 Å². The fourth-order valence-corrected chi connectivity index (χ4v) is 1.70. The molecule has 0 spiro atoms. The van der Waals surface area contributed by atoms with E-state index in [1.165, 1.54) is 6.07 Å². The third kappa shape index (κ3) is 6.09. The number of phenols is 2. The normalized spacial score (nSPS) is 10.3. The summed E-state index contributed by atoms with van der Waals surface area (Å²) < 4.78 is 0.523. The van der Waals surface area contributed by atoms with Crippen molar-refractivity contribution in [2.24, 2.45) is 0 Å². The zero-order chi connectivity index (χ0) is 13.4. The Morgan fingerprint density at radius 2 is 1.94 bits per heavy atom. The van der Waals surface area contributed by atoms with Gasteiger partial charge in [-0.1, -0.05) is 18.3 Å². The molecular weight excluding hydrogens is 268 g/mol. The molecule has 0 aliphatic heterocycles. The molecule has 0 aromatic heterocycles. The highest BCUT2D eigenvalue weighted by molar-refractivity contribution is 8.11. The van der Waals surface area contributed by atoms with Crippen molar-refractivity contribution in [3.05, 3.63) is 23.8 Å². The van der Waals surface area contributed by atoms with Crippen molar-refractivity contribution in [1.29, 1.82) is 0 Å². The van der Waals surface area contributed by atoms with Gasteiger partial charge in [-0.15, -0.1) is 12.6 Å². The van der Waals surface area contributed by atoms with Crippen LogP contribution in [0.1, 0.15) is 12.0 Å². The monoisotopic (exact) mass is 286 g/mol. The molecule has 0 saturated heterocycles. The average Bonchev–Trinajstić information content (AvgIpc) is 2.32. The molecule has 0 fully saturated rings. The van der Waals surface area contributed by atoms with E-state index in [-0.39, 0.29) is 11.5 Å². The summed E-state index contributed by atoms with van der Waals surface area (Å²) in [4.78, 5) is 0. The third-order valence-corrected chi connectivity index (χ3v) is 2.74. The van der Waals surface area contributed by atoms with Crippen LogP contribution in [0.25, 0.3) is 0 Å². The number of rotatable bonds is 7. The molecule has 100 valence electrons. The number of hydrogen-bond acceptors (Lipinski definition) is 4. The number of thiocarbonyl (C=S) groups is 1. The number of benzene rings is 1. The summed E-state index contributed by atoms with van der Waals surface area (Å²) in [5.74, 6) is -0.153. The van der Waals surface area contributed by atoms with Crippen LogP contribution in [0.4, 0.5) is 0 Å². The summed E-state index contributed by atoms with van der Waals surface area (Å²) in [5.41, 5.74) is 0.993. The largest absolute Gasteiger partial charge is 0.504 e. The first-order chi connectivity index (χ1) is 8.59. The van der Waals surface area contributed by atoms with Crippen LogP contribution in [-0.4, -0.2) is 34.2 Å². The van der Waals surface area contributed by atoms with Crippen molar-refractivity contribution in [3.63, 3.8) is 0 Å². The summed E-state index contributed by atoms with van der Waals surface area (Å²) in [6.45, 7) is 2.54. The molecule has 0 radical (unpaired) electrons. The predicted octanol–water partition coefficient (Wildman–Crippen LogP) is 1.42. The minimum Gasteiger partial charge on any atom is -0.504 e. The number of nitrogens with one attached hydrogen (secondary N) is 2.